The average molecular weight is 177 g/mol. The van der Waals surface area contributed by atoms with Crippen molar-refractivity contribution in [1.29, 1.82) is 0 Å². The normalized spacial score (nSPS) is 7.09. The molecule has 1 aromatic rings. The van der Waals surface area contributed by atoms with Gasteiger partial charge >= 0.3 is 0 Å². The fourth-order valence-corrected chi connectivity index (χ4v) is 0.313. The van der Waals surface area contributed by atoms with E-state index in [1.165, 1.54) is 0 Å². The molecule has 64 valence electrons. The maximum absolute atomic E-state index is 4.53. The van der Waals surface area contributed by atoms with Gasteiger partial charge in [-0.05, 0) is 19.1 Å². The van der Waals surface area contributed by atoms with Gasteiger partial charge in [-0.3, -0.25) is 4.98 Å². The number of halogens is 1. The molecule has 0 aromatic carbocycles. The second-order valence-electron chi connectivity index (χ2n) is 1.48. The first kappa shape index (κ1) is 13.0. The van der Waals surface area contributed by atoms with Crippen LogP contribution < -0.4 is 5.90 Å². The van der Waals surface area contributed by atoms with Crippen molar-refractivity contribution in [2.24, 2.45) is 5.90 Å². The molecule has 2 N–H and O–H groups in total. The van der Waals surface area contributed by atoms with Gasteiger partial charge in [-0.2, -0.15) is 0 Å². The van der Waals surface area contributed by atoms with Crippen LogP contribution in [0.3, 0.4) is 0 Å². The van der Waals surface area contributed by atoms with Crippen molar-refractivity contribution in [3.63, 3.8) is 0 Å². The van der Waals surface area contributed by atoms with Crippen LogP contribution in [0.2, 0.25) is 0 Å². The fraction of sp³-hybridized carbons (Fsp3) is 0.286. The van der Waals surface area contributed by atoms with Gasteiger partial charge in [0.15, 0.2) is 0 Å². The van der Waals surface area contributed by atoms with E-state index in [2.05, 4.69) is 15.7 Å². The molecular formula is C7H13ClN2O. The lowest BCUT2D eigenvalue weighted by molar-refractivity contribution is 0.152. The van der Waals surface area contributed by atoms with E-state index in [4.69, 9.17) is 0 Å². The summed E-state index contributed by atoms with van der Waals surface area (Å²) in [7, 11) is 0. The SMILES string of the molecule is CCON.Cl.c1ccncc1. The van der Waals surface area contributed by atoms with Gasteiger partial charge in [0, 0.05) is 12.4 Å². The first-order valence-corrected chi connectivity index (χ1v) is 3.08. The molecule has 0 saturated carbocycles. The van der Waals surface area contributed by atoms with Gasteiger partial charge in [0.2, 0.25) is 0 Å². The number of aromatic nitrogens is 1. The maximum atomic E-state index is 4.53. The monoisotopic (exact) mass is 176 g/mol. The van der Waals surface area contributed by atoms with Gasteiger partial charge < -0.3 is 4.84 Å². The highest BCUT2D eigenvalue weighted by Gasteiger charge is 1.58. The summed E-state index contributed by atoms with van der Waals surface area (Å²) in [5, 5.41) is 0. The van der Waals surface area contributed by atoms with E-state index in [1.54, 1.807) is 12.4 Å². The Balaban J connectivity index is 0. The van der Waals surface area contributed by atoms with Crippen molar-refractivity contribution in [2.45, 2.75) is 6.92 Å². The van der Waals surface area contributed by atoms with Crippen molar-refractivity contribution in [2.75, 3.05) is 6.61 Å². The van der Waals surface area contributed by atoms with E-state index < -0.39 is 0 Å². The van der Waals surface area contributed by atoms with Crippen LogP contribution >= 0.6 is 12.4 Å². The van der Waals surface area contributed by atoms with Crippen molar-refractivity contribution >= 4 is 12.4 Å². The molecule has 0 bridgehead atoms. The van der Waals surface area contributed by atoms with Crippen LogP contribution in [0.4, 0.5) is 0 Å². The highest BCUT2D eigenvalue weighted by Crippen LogP contribution is 1.73. The molecule has 0 aliphatic carbocycles. The van der Waals surface area contributed by atoms with Crippen LogP contribution in [0.15, 0.2) is 30.6 Å². The Kier molecular flexibility index (Phi) is 14.3. The van der Waals surface area contributed by atoms with Crippen molar-refractivity contribution in [1.82, 2.24) is 4.98 Å². The minimum atomic E-state index is 0. The number of hydrogen-bond donors (Lipinski definition) is 1. The Morgan fingerprint density at radius 2 is 1.73 bits per heavy atom. The van der Waals surface area contributed by atoms with E-state index >= 15 is 0 Å². The van der Waals surface area contributed by atoms with Gasteiger partial charge in [-0.1, -0.05) is 6.07 Å². The van der Waals surface area contributed by atoms with Crippen molar-refractivity contribution < 1.29 is 4.84 Å². The number of nitrogens with two attached hydrogens (primary N) is 1. The minimum Gasteiger partial charge on any atom is -0.305 e. The van der Waals surface area contributed by atoms with Crippen LogP contribution in [0.5, 0.6) is 0 Å². The molecule has 0 radical (unpaired) electrons. The Labute approximate surface area is 72.9 Å². The van der Waals surface area contributed by atoms with E-state index in [0.717, 1.165) is 0 Å². The summed E-state index contributed by atoms with van der Waals surface area (Å²) >= 11 is 0. The first-order chi connectivity index (χ1) is 4.91. The summed E-state index contributed by atoms with van der Waals surface area (Å²) in [6.07, 6.45) is 3.50. The van der Waals surface area contributed by atoms with Crippen LogP contribution in [0, 0.1) is 0 Å². The highest BCUT2D eigenvalue weighted by atomic mass is 35.5. The number of pyridine rings is 1. The third-order valence-electron chi connectivity index (χ3n) is 0.733. The quantitative estimate of drug-likeness (QED) is 0.659. The Hall–Kier alpha value is -0.640. The van der Waals surface area contributed by atoms with Crippen LogP contribution in [-0.4, -0.2) is 11.6 Å². The summed E-state index contributed by atoms with van der Waals surface area (Å²) in [6, 6.07) is 5.72. The van der Waals surface area contributed by atoms with Gasteiger partial charge in [0.1, 0.15) is 0 Å². The third kappa shape index (κ3) is 12.5. The number of hydrogen-bond acceptors (Lipinski definition) is 3. The fourth-order valence-electron chi connectivity index (χ4n) is 0.313. The molecule has 0 unspecified atom stereocenters. The molecule has 0 amide bonds. The third-order valence-corrected chi connectivity index (χ3v) is 0.733. The Bertz CT molecular complexity index is 108. The average Bonchev–Trinajstić information content (AvgIpc) is 2.08. The van der Waals surface area contributed by atoms with Crippen molar-refractivity contribution in [3.8, 4) is 0 Å². The van der Waals surface area contributed by atoms with Gasteiger partial charge in [-0.15, -0.1) is 12.4 Å². The van der Waals surface area contributed by atoms with Crippen molar-refractivity contribution in [3.05, 3.63) is 30.6 Å². The highest BCUT2D eigenvalue weighted by molar-refractivity contribution is 5.85. The summed E-state index contributed by atoms with van der Waals surface area (Å²) < 4.78 is 0. The molecule has 0 fully saturated rings. The van der Waals surface area contributed by atoms with E-state index in [1.807, 2.05) is 25.1 Å². The molecule has 1 rings (SSSR count). The smallest absolute Gasteiger partial charge is 0.0651 e. The molecule has 0 spiro atoms. The molecule has 1 heterocycles. The zero-order valence-corrected chi connectivity index (χ0v) is 7.25. The topological polar surface area (TPSA) is 48.1 Å². The first-order valence-electron chi connectivity index (χ1n) is 3.08. The molecule has 1 aromatic heterocycles. The Morgan fingerprint density at radius 1 is 1.27 bits per heavy atom. The molecule has 0 saturated heterocycles. The molecule has 0 atom stereocenters. The van der Waals surface area contributed by atoms with Crippen LogP contribution in [-0.2, 0) is 4.84 Å². The molecule has 3 nitrogen and oxygen atoms in total. The van der Waals surface area contributed by atoms with E-state index in [0.29, 0.717) is 6.61 Å². The molecule has 0 aliphatic rings. The second-order valence-corrected chi connectivity index (χ2v) is 1.48. The predicted molar refractivity (Wildman–Crippen MR) is 47.3 cm³/mol. The second kappa shape index (κ2) is 12.1. The van der Waals surface area contributed by atoms with Crippen LogP contribution in [0.1, 0.15) is 6.92 Å². The summed E-state index contributed by atoms with van der Waals surface area (Å²) in [6.45, 7) is 2.43. The minimum absolute atomic E-state index is 0. The standard InChI is InChI=1S/C5H5N.C2H7NO.ClH/c1-2-4-6-5-3-1;1-2-4-3;/h1-5H;2-3H2,1H3;1H. The van der Waals surface area contributed by atoms with E-state index in [-0.39, 0.29) is 12.4 Å². The summed E-state index contributed by atoms with van der Waals surface area (Å²) in [5.41, 5.74) is 0. The summed E-state index contributed by atoms with van der Waals surface area (Å²) in [5.74, 6) is 4.53. The zero-order valence-electron chi connectivity index (χ0n) is 6.43. The van der Waals surface area contributed by atoms with Gasteiger partial charge in [0.05, 0.1) is 6.61 Å². The Morgan fingerprint density at radius 3 is 1.82 bits per heavy atom. The van der Waals surface area contributed by atoms with Gasteiger partial charge in [0.25, 0.3) is 0 Å². The molecule has 0 aliphatic heterocycles. The predicted octanol–water partition coefficient (Wildman–Crippen LogP) is 1.40. The summed E-state index contributed by atoms with van der Waals surface area (Å²) in [4.78, 5) is 7.83. The molecular weight excluding hydrogens is 164 g/mol. The van der Waals surface area contributed by atoms with Gasteiger partial charge in [-0.25, -0.2) is 5.90 Å². The zero-order chi connectivity index (χ0) is 7.66. The molecule has 11 heavy (non-hydrogen) atoms. The lowest BCUT2D eigenvalue weighted by atomic mass is 10.5. The van der Waals surface area contributed by atoms with E-state index in [9.17, 15) is 0 Å². The number of nitrogens with zero attached hydrogens (tertiary/aromatic N) is 1. The lowest BCUT2D eigenvalue weighted by Gasteiger charge is -1.76. The maximum Gasteiger partial charge on any atom is 0.0651 e. The lowest BCUT2D eigenvalue weighted by Crippen LogP contribution is -1.94. The van der Waals surface area contributed by atoms with Crippen LogP contribution in [0.25, 0.3) is 0 Å². The largest absolute Gasteiger partial charge is 0.305 e. The molecule has 4 heteroatoms. The number of rotatable bonds is 1.